The van der Waals surface area contributed by atoms with Crippen LogP contribution in [0, 0.1) is 28.6 Å². The lowest BCUT2D eigenvalue weighted by atomic mass is 10.00. The summed E-state index contributed by atoms with van der Waals surface area (Å²) in [4.78, 5) is 267. The number of nitrogens with two attached hydrogens (primary N) is 5. The maximum atomic E-state index is 15.6. The summed E-state index contributed by atoms with van der Waals surface area (Å²) in [5.41, 5.74) is 29.8. The van der Waals surface area contributed by atoms with Crippen molar-refractivity contribution in [2.45, 2.75) is 286 Å². The van der Waals surface area contributed by atoms with Gasteiger partial charge in [-0.05, 0) is 177 Å². The molecule has 4 fully saturated rings. The van der Waals surface area contributed by atoms with E-state index in [1.54, 1.807) is 58.0 Å². The maximum Gasteiger partial charge on any atom is 0.326 e. The predicted molar refractivity (Wildman–Crippen MR) is 522 cm³/mol. The highest BCUT2D eigenvalue weighted by atomic mass is 33.1. The molecule has 0 saturated carbocycles. The lowest BCUT2D eigenvalue weighted by Crippen LogP contribution is -2.62. The van der Waals surface area contributed by atoms with Gasteiger partial charge in [0.1, 0.15) is 102 Å². The van der Waals surface area contributed by atoms with Gasteiger partial charge in [-0.25, -0.2) is 4.79 Å². The van der Waals surface area contributed by atoms with E-state index in [0.717, 1.165) is 35.4 Å². The number of aromatic hydroxyl groups is 1. The second-order valence-corrected chi connectivity index (χ2v) is 39.3. The van der Waals surface area contributed by atoms with Crippen LogP contribution in [0.2, 0.25) is 0 Å². The molecule has 4 heterocycles. The molecule has 0 bridgehead atoms. The molecule has 4 aliphatic rings. The summed E-state index contributed by atoms with van der Waals surface area (Å²) in [7, 11) is 1.57. The van der Waals surface area contributed by atoms with Gasteiger partial charge in [-0.15, -0.1) is 0 Å². The van der Waals surface area contributed by atoms with E-state index in [4.69, 9.17) is 39.5 Å². The van der Waals surface area contributed by atoms with Gasteiger partial charge < -0.3 is 149 Å². The number of nitrogens with one attached hydrogen (secondary N) is 18. The van der Waals surface area contributed by atoms with Crippen molar-refractivity contribution in [3.63, 3.8) is 0 Å². The number of hydrogen-bond donors (Lipinski definition) is 27. The lowest BCUT2D eigenvalue weighted by molar-refractivity contribution is -0.148. The van der Waals surface area contributed by atoms with Gasteiger partial charge in [-0.1, -0.05) is 106 Å². The molecule has 784 valence electrons. The Balaban J connectivity index is 1.47. The number of benzene rings is 2. The molecule has 141 heavy (non-hydrogen) atoms. The number of aliphatic hydroxyl groups excluding tert-OH is 2. The van der Waals surface area contributed by atoms with Crippen molar-refractivity contribution in [1.29, 1.82) is 10.8 Å². The molecular formula is C91H146N26O22S2. The fourth-order valence-corrected chi connectivity index (χ4v) is 18.8. The first-order valence-electron chi connectivity index (χ1n) is 47.9. The highest BCUT2D eigenvalue weighted by Gasteiger charge is 2.47. The molecule has 6 rings (SSSR count). The van der Waals surface area contributed by atoms with E-state index in [9.17, 15) is 68.4 Å². The summed E-state index contributed by atoms with van der Waals surface area (Å²) >= 11 is 0. The summed E-state index contributed by atoms with van der Waals surface area (Å²) in [5.74, 6) is -20.7. The number of aliphatic hydroxyl groups is 2. The Bertz CT molecular complexity index is 4600. The zero-order chi connectivity index (χ0) is 104. The number of phenolic OH excluding ortho intramolecular Hbond substituents is 1. The van der Waals surface area contributed by atoms with Crippen LogP contribution in [-0.2, 0) is 99.1 Å². The van der Waals surface area contributed by atoms with E-state index >= 15 is 38.4 Å². The van der Waals surface area contributed by atoms with Crippen LogP contribution in [0.3, 0.4) is 0 Å². The number of carbonyl (C=O) groups is 18. The maximum absolute atomic E-state index is 15.6. The summed E-state index contributed by atoms with van der Waals surface area (Å²) in [6.45, 7) is 10.6. The highest BCUT2D eigenvalue weighted by molar-refractivity contribution is 8.76. The summed E-state index contributed by atoms with van der Waals surface area (Å²) < 4.78 is 0. The molecule has 0 aliphatic carbocycles. The van der Waals surface area contributed by atoms with Gasteiger partial charge in [-0.3, -0.25) is 92.3 Å². The Kier molecular flexibility index (Phi) is 49.5. The number of carboxylic acid groups (broad SMARTS) is 1. The van der Waals surface area contributed by atoms with Gasteiger partial charge in [0.25, 0.3) is 0 Å². The van der Waals surface area contributed by atoms with E-state index in [1.807, 2.05) is 13.8 Å². The molecule has 2 aromatic rings. The summed E-state index contributed by atoms with van der Waals surface area (Å²) in [6.07, 6.45) is -0.452. The number of fused-ring (bicyclic) bond motifs is 3. The van der Waals surface area contributed by atoms with Crippen molar-refractivity contribution in [3.8, 4) is 5.75 Å². The number of carbonyl (C=O) groups excluding carboxylic acids is 17. The first kappa shape index (κ1) is 117. The van der Waals surface area contributed by atoms with Crippen LogP contribution in [-0.4, -0.2) is 333 Å². The number of hydrogen-bond acceptors (Lipinski definition) is 28. The van der Waals surface area contributed by atoms with E-state index in [-0.39, 0.29) is 179 Å². The first-order chi connectivity index (χ1) is 66.9. The summed E-state index contributed by atoms with van der Waals surface area (Å²) in [6, 6.07) is -11.9. The van der Waals surface area contributed by atoms with Crippen molar-refractivity contribution >= 4 is 140 Å². The number of guanidine groups is 2. The third-order valence-corrected chi connectivity index (χ3v) is 26.6. The number of amides is 17. The Morgan fingerprint density at radius 2 is 1.00 bits per heavy atom. The average molecular weight is 2020 g/mol. The molecule has 0 radical (unpaired) electrons. The molecule has 32 N–H and O–H groups in total. The Labute approximate surface area is 827 Å². The fourth-order valence-electron chi connectivity index (χ4n) is 16.4. The van der Waals surface area contributed by atoms with Gasteiger partial charge in [0, 0.05) is 57.1 Å². The Morgan fingerprint density at radius 3 is 1.55 bits per heavy atom. The predicted octanol–water partition coefficient (Wildman–Crippen LogP) is -6.09. The van der Waals surface area contributed by atoms with Gasteiger partial charge in [-0.2, -0.15) is 0 Å². The van der Waals surface area contributed by atoms with Gasteiger partial charge in [0.2, 0.25) is 100 Å². The molecule has 18 atom stereocenters. The molecule has 17 amide bonds. The average Bonchev–Trinajstić information content (AvgIpc) is 1.65. The van der Waals surface area contributed by atoms with Gasteiger partial charge in [0.05, 0.1) is 25.3 Å². The molecule has 0 aromatic heterocycles. The van der Waals surface area contributed by atoms with Gasteiger partial charge in [0.15, 0.2) is 11.9 Å². The minimum atomic E-state index is -1.95. The third kappa shape index (κ3) is 38.3. The number of unbranched alkanes of at least 4 members (excludes halogenated alkanes) is 2. The molecule has 50 heteroatoms. The first-order valence-corrected chi connectivity index (χ1v) is 50.4. The second-order valence-electron chi connectivity index (χ2n) is 36.7. The molecule has 4 saturated heterocycles. The highest BCUT2D eigenvalue weighted by Crippen LogP contribution is 2.30. The monoisotopic (exact) mass is 2020 g/mol. The van der Waals surface area contributed by atoms with Crippen LogP contribution in [0.25, 0.3) is 0 Å². The zero-order valence-electron chi connectivity index (χ0n) is 81.2. The van der Waals surface area contributed by atoms with Crippen molar-refractivity contribution in [2.24, 2.45) is 46.4 Å². The molecule has 2 aromatic carbocycles. The molecule has 0 unspecified atom stereocenters. The quantitative estimate of drug-likeness (QED) is 0.0127. The van der Waals surface area contributed by atoms with Crippen LogP contribution < -0.4 is 114 Å². The van der Waals surface area contributed by atoms with E-state index in [1.165, 1.54) is 39.0 Å². The molecule has 4 aliphatic heterocycles. The van der Waals surface area contributed by atoms with Crippen LogP contribution in [0.4, 0.5) is 0 Å². The standard InChI is InChI=1S/C91H146N26O22S2/c1-48(2)41-56(94)74(123)112-70(49(3)4)83(132)104-57(25-16-36-99-90(95)96)75(124)101-44-69(121)103-64-46-140-141-47-65(80(129)108-61(42-53-21-10-9-11-22-53)77(126)113-71(50(5)6)84(133)107-60(89(138)139)26-17-37-100-91(97)98)111-82(131)66-27-18-38-115(66)86(135)59(24-13-15-35-93)106-81(130)67-28-19-39-116(67)88(137)68-29-20-40-117(68)87(136)62(43-54-30-32-55(120)33-31-54)109-78(127)63(45-118)110-76(125)58(23-12-14-34-92)105-85(134)72(52(8)119)114-73(122)51(7)102-79(64)128/h9-11,21-22,30-33,48-52,56-68,70-72,118-120H,12-20,23-29,34-47,92-94H2,1-8H3,(H,101,124)(H,102,128)(H,103,121)(H,104,132)(H,105,134)(H,106,130)(H,107,133)(H,108,129)(H,109,127)(H,110,125)(H,111,131)(H,112,123)(H,113,126)(H,114,122)(H,138,139)(H4,95,96,99)(H4,97,98,100)/t51-,52+,56-,57-,58-,59-,60-,61-,62-,63-,64-,65-,66-,67-,68-,70-,71-,72-/m0/s1. The molecule has 48 nitrogen and oxygen atoms in total. The fraction of sp³-hybridized carbons (Fsp3) is 0.648. The Hall–Kier alpha value is -12.3. The molecular weight excluding hydrogens is 1870 g/mol. The zero-order valence-corrected chi connectivity index (χ0v) is 82.8. The third-order valence-electron chi connectivity index (χ3n) is 24.2. The minimum Gasteiger partial charge on any atom is -0.508 e. The van der Waals surface area contributed by atoms with Crippen molar-refractivity contribution in [3.05, 3.63) is 65.7 Å². The van der Waals surface area contributed by atoms with E-state index in [0.29, 0.717) is 17.5 Å². The minimum absolute atomic E-state index is 0.00329. The normalized spacial score (nSPS) is 22.9. The smallest absolute Gasteiger partial charge is 0.326 e. The van der Waals surface area contributed by atoms with Crippen molar-refractivity contribution in [2.75, 3.05) is 70.5 Å². The SMILES string of the molecule is CC(C)C[C@H](N)C(=O)N[C@H](C(=O)N[C@@H](CCCNC(=N)N)C(=O)NCC(=O)N[C@H]1CSSC[C@@H](C(=O)N[C@@H](Cc2ccccc2)C(=O)N[C@H](C(=O)N[C@@H](CCCNC(=N)N)C(=O)O)C(C)C)NC(=O)[C@@H]2CCCN2C(=O)[C@H](CCCCN)NC(=O)[C@@H]2CCCN2C(=O)[C@@H]2CCCN2C(=O)[C@H](Cc2ccc(O)cc2)NC(=O)[C@H](CO)NC(=O)[C@H](CCCCN)NC(=O)[C@H]([C@@H](C)O)NC(=O)[C@H](C)NC1=O)C(C)C. The van der Waals surface area contributed by atoms with E-state index in [2.05, 4.69) is 85.1 Å². The van der Waals surface area contributed by atoms with Crippen LogP contribution >= 0.6 is 21.6 Å². The van der Waals surface area contributed by atoms with Crippen molar-refractivity contribution < 1.29 is 107 Å². The topological polar surface area (TPSA) is 768 Å². The van der Waals surface area contributed by atoms with Crippen LogP contribution in [0.15, 0.2) is 54.6 Å². The van der Waals surface area contributed by atoms with E-state index < -0.39 is 258 Å². The van der Waals surface area contributed by atoms with Crippen LogP contribution in [0.1, 0.15) is 176 Å². The van der Waals surface area contributed by atoms with Crippen LogP contribution in [0.5, 0.6) is 5.75 Å². The number of nitrogens with zero attached hydrogens (tertiary/aromatic N) is 3. The summed E-state index contributed by atoms with van der Waals surface area (Å²) in [5, 5.41) is 99.0. The number of rotatable bonds is 41. The largest absolute Gasteiger partial charge is 0.508 e. The number of aliphatic carboxylic acids is 1. The van der Waals surface area contributed by atoms with Crippen molar-refractivity contribution in [1.82, 2.24) is 99.8 Å². The lowest BCUT2D eigenvalue weighted by Gasteiger charge is -2.34. The second kappa shape index (κ2) is 59.5. The number of carboxylic acids is 1. The van der Waals surface area contributed by atoms with Gasteiger partial charge >= 0.3 is 5.97 Å². The Morgan fingerprint density at radius 1 is 0.504 bits per heavy atom. The molecule has 0 spiro atoms. The number of phenols is 1.